The Morgan fingerprint density at radius 3 is 2.31 bits per heavy atom. The summed E-state index contributed by atoms with van der Waals surface area (Å²) in [6.45, 7) is 1.61. The van der Waals surface area contributed by atoms with Crippen LogP contribution < -0.4 is 5.32 Å². The van der Waals surface area contributed by atoms with E-state index < -0.39 is 11.5 Å². The lowest BCUT2D eigenvalue weighted by Gasteiger charge is -2.24. The third-order valence-corrected chi connectivity index (χ3v) is 2.54. The normalized spacial score (nSPS) is 20.1. The molecule has 2 N–H and O–H groups in total. The van der Waals surface area contributed by atoms with Crippen LogP contribution in [0.25, 0.3) is 0 Å². The van der Waals surface area contributed by atoms with E-state index in [2.05, 4.69) is 5.32 Å². The molecule has 74 valence electrons. The van der Waals surface area contributed by atoms with Gasteiger partial charge >= 0.3 is 5.97 Å². The predicted molar refractivity (Wildman–Crippen MR) is 47.5 cm³/mol. The van der Waals surface area contributed by atoms with Crippen LogP contribution in [0.5, 0.6) is 0 Å². The standard InChI is InChI=1S/C9H15NO3/c1-7(11)6-10-9(8(12)13)4-2-3-5-9/h10H,2-6H2,1H3,(H,12,13). The summed E-state index contributed by atoms with van der Waals surface area (Å²) in [4.78, 5) is 21.7. The molecule has 1 aliphatic carbocycles. The van der Waals surface area contributed by atoms with Crippen LogP contribution in [0.15, 0.2) is 0 Å². The zero-order valence-corrected chi connectivity index (χ0v) is 7.80. The van der Waals surface area contributed by atoms with Crippen molar-refractivity contribution in [2.45, 2.75) is 38.1 Å². The van der Waals surface area contributed by atoms with Crippen LogP contribution in [0.2, 0.25) is 0 Å². The highest BCUT2D eigenvalue weighted by molar-refractivity contribution is 5.82. The van der Waals surface area contributed by atoms with Crippen LogP contribution in [-0.4, -0.2) is 28.9 Å². The van der Waals surface area contributed by atoms with E-state index in [9.17, 15) is 9.59 Å². The third kappa shape index (κ3) is 2.28. The van der Waals surface area contributed by atoms with Crippen LogP contribution in [-0.2, 0) is 9.59 Å². The van der Waals surface area contributed by atoms with Gasteiger partial charge in [-0.1, -0.05) is 12.8 Å². The summed E-state index contributed by atoms with van der Waals surface area (Å²) in [5, 5.41) is 11.8. The van der Waals surface area contributed by atoms with E-state index in [0.29, 0.717) is 12.8 Å². The van der Waals surface area contributed by atoms with Crippen molar-refractivity contribution in [1.82, 2.24) is 5.32 Å². The highest BCUT2D eigenvalue weighted by atomic mass is 16.4. The second-order valence-corrected chi connectivity index (χ2v) is 3.65. The predicted octanol–water partition coefficient (Wildman–Crippen LogP) is 0.562. The molecule has 0 heterocycles. The van der Waals surface area contributed by atoms with Crippen LogP contribution in [0.4, 0.5) is 0 Å². The maximum absolute atomic E-state index is 11.0. The van der Waals surface area contributed by atoms with Gasteiger partial charge in [0.15, 0.2) is 0 Å². The van der Waals surface area contributed by atoms with Gasteiger partial charge in [0, 0.05) is 0 Å². The number of hydrogen-bond donors (Lipinski definition) is 2. The molecule has 0 saturated heterocycles. The number of carboxylic acids is 1. The maximum Gasteiger partial charge on any atom is 0.323 e. The lowest BCUT2D eigenvalue weighted by Crippen LogP contribution is -2.51. The van der Waals surface area contributed by atoms with Gasteiger partial charge in [0.05, 0.1) is 6.54 Å². The van der Waals surface area contributed by atoms with Crippen molar-refractivity contribution >= 4 is 11.8 Å². The van der Waals surface area contributed by atoms with Gasteiger partial charge in [-0.05, 0) is 19.8 Å². The fourth-order valence-corrected chi connectivity index (χ4v) is 1.74. The monoisotopic (exact) mass is 185 g/mol. The van der Waals surface area contributed by atoms with Gasteiger partial charge in [-0.25, -0.2) is 0 Å². The van der Waals surface area contributed by atoms with Gasteiger partial charge in [-0.3, -0.25) is 14.9 Å². The second kappa shape index (κ2) is 3.87. The minimum absolute atomic E-state index is 0.0208. The first-order valence-electron chi connectivity index (χ1n) is 4.55. The largest absolute Gasteiger partial charge is 0.480 e. The Labute approximate surface area is 77.3 Å². The molecule has 1 fully saturated rings. The molecule has 1 rings (SSSR count). The maximum atomic E-state index is 11.0. The Balaban J connectivity index is 2.57. The average molecular weight is 185 g/mol. The number of ketones is 1. The van der Waals surface area contributed by atoms with E-state index >= 15 is 0 Å². The van der Waals surface area contributed by atoms with Crippen LogP contribution in [0.1, 0.15) is 32.6 Å². The minimum atomic E-state index is -0.828. The number of rotatable bonds is 4. The van der Waals surface area contributed by atoms with Crippen molar-refractivity contribution in [1.29, 1.82) is 0 Å². The summed E-state index contributed by atoms with van der Waals surface area (Å²) >= 11 is 0. The number of carbonyl (C=O) groups is 2. The highest BCUT2D eigenvalue weighted by Crippen LogP contribution is 2.29. The summed E-state index contributed by atoms with van der Waals surface area (Å²) in [5.74, 6) is -0.848. The number of hydrogen-bond acceptors (Lipinski definition) is 3. The molecule has 4 nitrogen and oxygen atoms in total. The fourth-order valence-electron chi connectivity index (χ4n) is 1.74. The van der Waals surface area contributed by atoms with E-state index in [1.807, 2.05) is 0 Å². The summed E-state index contributed by atoms with van der Waals surface area (Å²) < 4.78 is 0. The van der Waals surface area contributed by atoms with Gasteiger partial charge in [-0.15, -0.1) is 0 Å². The van der Waals surface area contributed by atoms with E-state index in [1.165, 1.54) is 6.92 Å². The molecule has 1 saturated carbocycles. The van der Waals surface area contributed by atoms with Crippen molar-refractivity contribution < 1.29 is 14.7 Å². The lowest BCUT2D eigenvalue weighted by molar-refractivity contribution is -0.144. The number of carboxylic acid groups (broad SMARTS) is 1. The van der Waals surface area contributed by atoms with E-state index in [0.717, 1.165) is 12.8 Å². The highest BCUT2D eigenvalue weighted by Gasteiger charge is 2.40. The molecule has 0 aliphatic heterocycles. The van der Waals surface area contributed by atoms with Crippen molar-refractivity contribution in [3.63, 3.8) is 0 Å². The molecule has 0 aromatic carbocycles. The zero-order chi connectivity index (χ0) is 9.90. The van der Waals surface area contributed by atoms with Crippen molar-refractivity contribution in [3.05, 3.63) is 0 Å². The Kier molecular flexibility index (Phi) is 3.03. The van der Waals surface area contributed by atoms with E-state index in [-0.39, 0.29) is 12.3 Å². The smallest absolute Gasteiger partial charge is 0.323 e. The molecule has 0 bridgehead atoms. The summed E-state index contributed by atoms with van der Waals surface area (Å²) in [6, 6.07) is 0. The molecule has 0 spiro atoms. The summed E-state index contributed by atoms with van der Waals surface area (Å²) in [6.07, 6.45) is 3.12. The fraction of sp³-hybridized carbons (Fsp3) is 0.778. The van der Waals surface area contributed by atoms with Crippen LogP contribution in [0, 0.1) is 0 Å². The zero-order valence-electron chi connectivity index (χ0n) is 7.80. The molecular weight excluding hydrogens is 170 g/mol. The van der Waals surface area contributed by atoms with E-state index in [4.69, 9.17) is 5.11 Å². The SMILES string of the molecule is CC(=O)CNC1(C(=O)O)CCCC1. The first-order chi connectivity index (χ1) is 6.07. The molecule has 4 heteroatoms. The Morgan fingerprint density at radius 1 is 1.38 bits per heavy atom. The van der Waals surface area contributed by atoms with Crippen molar-refractivity contribution in [3.8, 4) is 0 Å². The van der Waals surface area contributed by atoms with Crippen LogP contribution >= 0.6 is 0 Å². The Hall–Kier alpha value is -0.900. The first kappa shape index (κ1) is 10.2. The molecule has 0 amide bonds. The van der Waals surface area contributed by atoms with Gasteiger partial charge in [0.1, 0.15) is 11.3 Å². The van der Waals surface area contributed by atoms with Crippen molar-refractivity contribution in [2.75, 3.05) is 6.54 Å². The molecule has 0 radical (unpaired) electrons. The molecule has 0 unspecified atom stereocenters. The van der Waals surface area contributed by atoms with E-state index in [1.54, 1.807) is 0 Å². The first-order valence-corrected chi connectivity index (χ1v) is 4.55. The summed E-state index contributed by atoms with van der Waals surface area (Å²) in [7, 11) is 0. The molecule has 1 aliphatic rings. The van der Waals surface area contributed by atoms with Gasteiger partial charge in [0.25, 0.3) is 0 Å². The van der Waals surface area contributed by atoms with Gasteiger partial charge < -0.3 is 5.11 Å². The number of nitrogens with one attached hydrogen (secondary N) is 1. The molecule has 0 aromatic heterocycles. The second-order valence-electron chi connectivity index (χ2n) is 3.65. The third-order valence-electron chi connectivity index (χ3n) is 2.54. The number of Topliss-reactive ketones (excluding diaryl/α,β-unsaturated/α-hetero) is 1. The van der Waals surface area contributed by atoms with Crippen molar-refractivity contribution in [2.24, 2.45) is 0 Å². The number of carbonyl (C=O) groups excluding carboxylic acids is 1. The number of aliphatic carboxylic acids is 1. The Bertz CT molecular complexity index is 219. The molecular formula is C9H15NO3. The minimum Gasteiger partial charge on any atom is -0.480 e. The molecule has 13 heavy (non-hydrogen) atoms. The van der Waals surface area contributed by atoms with Gasteiger partial charge in [0.2, 0.25) is 0 Å². The summed E-state index contributed by atoms with van der Waals surface area (Å²) in [5.41, 5.74) is -0.828. The van der Waals surface area contributed by atoms with Gasteiger partial charge in [-0.2, -0.15) is 0 Å². The lowest BCUT2D eigenvalue weighted by atomic mass is 9.98. The molecule has 0 aromatic rings. The quantitative estimate of drug-likeness (QED) is 0.671. The average Bonchev–Trinajstić information content (AvgIpc) is 2.50. The topological polar surface area (TPSA) is 66.4 Å². The Morgan fingerprint density at radius 2 is 1.92 bits per heavy atom. The van der Waals surface area contributed by atoms with Crippen LogP contribution in [0.3, 0.4) is 0 Å². The molecule has 0 atom stereocenters.